The van der Waals surface area contributed by atoms with Crippen molar-refractivity contribution < 1.29 is 33.2 Å². The van der Waals surface area contributed by atoms with Gasteiger partial charge in [-0.05, 0) is 117 Å². The molecular weight excluding hydrogens is 1110 g/mol. The molecule has 3 saturated carbocycles. The van der Waals surface area contributed by atoms with E-state index in [2.05, 4.69) is 130 Å². The smallest absolute Gasteiger partial charge is 0.160 e. The Labute approximate surface area is 574 Å². The zero-order chi connectivity index (χ0) is 71.8. The van der Waals surface area contributed by atoms with Gasteiger partial charge < -0.3 is 38.5 Å². The lowest BCUT2D eigenvalue weighted by Crippen LogP contribution is -2.46. The van der Waals surface area contributed by atoms with Gasteiger partial charge in [0.1, 0.15) is 0 Å². The molecule has 6 saturated heterocycles. The fourth-order valence-corrected chi connectivity index (χ4v) is 10.3. The van der Waals surface area contributed by atoms with Crippen LogP contribution >= 0.6 is 0 Å². The maximum atomic E-state index is 5.54. The highest BCUT2D eigenvalue weighted by Crippen LogP contribution is 2.33. The molecule has 9 fully saturated rings. The van der Waals surface area contributed by atoms with Crippen molar-refractivity contribution in [3.8, 4) is 0 Å². The van der Waals surface area contributed by atoms with Crippen molar-refractivity contribution in [1.82, 2.24) is 5.32 Å². The van der Waals surface area contributed by atoms with Crippen LogP contribution in [-0.4, -0.2) is 89.7 Å². The van der Waals surface area contributed by atoms with Gasteiger partial charge in [0.2, 0.25) is 0 Å². The quantitative estimate of drug-likeness (QED) is 0.245. The molecule has 8 nitrogen and oxygen atoms in total. The molecule has 0 radical (unpaired) electrons. The molecular formula is C82H183NO7. The average molecular weight is 1300 g/mol. The van der Waals surface area contributed by atoms with Gasteiger partial charge in [-0.15, -0.1) is 0 Å². The van der Waals surface area contributed by atoms with Crippen LogP contribution in [0.2, 0.25) is 0 Å². The standard InChI is InChI=1S/C9H18.C8H16O.C8H16.C7H14O2.C7H14O.C7H14.C6H13N.C6H12O2.C6H12O.9C2H6/c1-8(2)9-6-4-3-5-7-9;1-7(2)8-5-3-4-6-9-8;1-7(2)8-5-3-4-6-8;1-6(2)7-8-4-3-5-9-7;1-6(2)7-4-3-5-8-7;1-6(2)7-4-3-5-7;1-5(2)6-3-4-7-6;1-5(2)6-7-3-4-8-6;1-5(2)6-3-4-7-6;9*1-2/h8-9H,3-7H2,1-2H3;7-8H,3-6H2,1-2H3;7-8H,3-6H2,1-2H3;6-7H,3-5H2,1-2H3;6-7H,3-5H2,1-2H3;6-7H,3-5H2,1-2H3;5-7H,3-4H2,1-2H3;5-6H,3-4H2,1-2H3;5-6H,3-4H2,1-2H3;9*1-2H3. The molecule has 0 aromatic carbocycles. The summed E-state index contributed by atoms with van der Waals surface area (Å²) in [6.07, 6.45) is 29.9. The van der Waals surface area contributed by atoms with Gasteiger partial charge in [-0.2, -0.15) is 0 Å². The van der Waals surface area contributed by atoms with Gasteiger partial charge in [0.25, 0.3) is 0 Å². The van der Waals surface area contributed by atoms with Crippen molar-refractivity contribution in [2.75, 3.05) is 52.8 Å². The second kappa shape index (κ2) is 84.8. The Morgan fingerprint density at radius 3 is 0.611 bits per heavy atom. The van der Waals surface area contributed by atoms with Crippen LogP contribution in [0.1, 0.15) is 378 Å². The van der Waals surface area contributed by atoms with Crippen LogP contribution in [0.4, 0.5) is 0 Å². The first kappa shape index (κ1) is 108. The summed E-state index contributed by atoms with van der Waals surface area (Å²) in [4.78, 5) is 0. The summed E-state index contributed by atoms with van der Waals surface area (Å²) in [5.74, 6) is 10.0. The van der Waals surface area contributed by atoms with E-state index in [1.807, 2.05) is 125 Å². The normalized spacial score (nSPS) is 21.3. The second-order valence-corrected chi connectivity index (χ2v) is 25.9. The van der Waals surface area contributed by atoms with Crippen LogP contribution in [-0.2, 0) is 33.2 Å². The average Bonchev–Trinajstić information content (AvgIpc) is 4.46. The van der Waals surface area contributed by atoms with Crippen molar-refractivity contribution in [2.24, 2.45) is 71.0 Å². The minimum atomic E-state index is 0.0544. The molecule has 6 aliphatic heterocycles. The molecule has 9 aliphatic rings. The van der Waals surface area contributed by atoms with Gasteiger partial charge in [0, 0.05) is 37.7 Å². The summed E-state index contributed by atoms with van der Waals surface area (Å²) in [6.45, 7) is 83.7. The molecule has 0 spiro atoms. The maximum absolute atomic E-state index is 5.54. The highest BCUT2D eigenvalue weighted by molar-refractivity contribution is 4.79. The fourth-order valence-electron chi connectivity index (χ4n) is 10.3. The highest BCUT2D eigenvalue weighted by Gasteiger charge is 2.24. The summed E-state index contributed by atoms with van der Waals surface area (Å²) in [6, 6.07) is 0.833. The molecule has 0 aromatic rings. The summed E-state index contributed by atoms with van der Waals surface area (Å²) in [5.41, 5.74) is 0. The van der Waals surface area contributed by atoms with Crippen molar-refractivity contribution in [2.45, 2.75) is 415 Å². The third-order valence-electron chi connectivity index (χ3n) is 16.4. The lowest BCUT2D eigenvalue weighted by Gasteiger charge is -2.30. The predicted molar refractivity (Wildman–Crippen MR) is 411 cm³/mol. The van der Waals surface area contributed by atoms with E-state index in [0.29, 0.717) is 36.1 Å². The Kier molecular flexibility index (Phi) is 102. The number of nitrogens with one attached hydrogen (secondary N) is 1. The molecule has 6 heterocycles. The summed E-state index contributed by atoms with van der Waals surface area (Å²) in [5, 5.41) is 3.34. The van der Waals surface area contributed by atoms with Crippen LogP contribution in [0.3, 0.4) is 0 Å². The third-order valence-corrected chi connectivity index (χ3v) is 16.4. The minimum Gasteiger partial charge on any atom is -0.378 e. The SMILES string of the molecule is CC.CC.CC.CC.CC.CC.CC.CC.CC.CC(C)C1CCC1.CC(C)C1CCCC1.CC(C)C1CCCCC1.CC(C)C1CCCCO1.CC(C)C1CCCO1.CC(C)C1CCN1.CC(C)C1CCO1.CC(C)C1OCCCO1.CC(C)C1OCCO1. The lowest BCUT2D eigenvalue weighted by molar-refractivity contribution is -0.198. The minimum absolute atomic E-state index is 0.0544. The van der Waals surface area contributed by atoms with Gasteiger partial charge in [0.15, 0.2) is 12.6 Å². The van der Waals surface area contributed by atoms with Crippen LogP contribution in [0.25, 0.3) is 0 Å². The van der Waals surface area contributed by atoms with Crippen LogP contribution in [0.5, 0.6) is 0 Å². The molecule has 90 heavy (non-hydrogen) atoms. The van der Waals surface area contributed by atoms with E-state index in [1.54, 1.807) is 0 Å². The first-order chi connectivity index (χ1) is 43.2. The van der Waals surface area contributed by atoms with E-state index >= 15 is 0 Å². The van der Waals surface area contributed by atoms with E-state index in [9.17, 15) is 0 Å². The Hall–Kier alpha value is -0.320. The van der Waals surface area contributed by atoms with E-state index in [1.165, 1.54) is 129 Å². The molecule has 0 aromatic heterocycles. The van der Waals surface area contributed by atoms with E-state index in [0.717, 1.165) is 112 Å². The third kappa shape index (κ3) is 67.7. The molecule has 558 valence electrons. The molecule has 4 atom stereocenters. The first-order valence-corrected chi connectivity index (χ1v) is 40.3. The molecule has 9 rings (SSSR count). The number of rotatable bonds is 9. The second-order valence-electron chi connectivity index (χ2n) is 25.9. The Morgan fingerprint density at radius 2 is 0.467 bits per heavy atom. The van der Waals surface area contributed by atoms with Gasteiger partial charge in [-0.25, -0.2) is 0 Å². The Balaban J connectivity index is -0.000000114. The fraction of sp³-hybridized carbons (Fsp3) is 1.00. The van der Waals surface area contributed by atoms with Crippen molar-refractivity contribution in [3.05, 3.63) is 0 Å². The Bertz CT molecular complexity index is 1000. The van der Waals surface area contributed by atoms with E-state index in [4.69, 9.17) is 33.2 Å². The van der Waals surface area contributed by atoms with Crippen LogP contribution in [0, 0.1) is 71.0 Å². The van der Waals surface area contributed by atoms with Crippen molar-refractivity contribution in [1.29, 1.82) is 0 Å². The maximum Gasteiger partial charge on any atom is 0.160 e. The summed E-state index contributed by atoms with van der Waals surface area (Å²) >= 11 is 0. The number of hydrogen-bond acceptors (Lipinski definition) is 8. The van der Waals surface area contributed by atoms with E-state index in [-0.39, 0.29) is 12.6 Å². The molecule has 1 N–H and O–H groups in total. The van der Waals surface area contributed by atoms with Gasteiger partial charge in [0.05, 0.1) is 44.7 Å². The van der Waals surface area contributed by atoms with Gasteiger partial charge in [-0.1, -0.05) is 326 Å². The Morgan fingerprint density at radius 1 is 0.211 bits per heavy atom. The van der Waals surface area contributed by atoms with E-state index < -0.39 is 0 Å². The van der Waals surface area contributed by atoms with Crippen molar-refractivity contribution >= 4 is 0 Å². The van der Waals surface area contributed by atoms with Crippen molar-refractivity contribution in [3.63, 3.8) is 0 Å². The zero-order valence-electron chi connectivity index (χ0n) is 69.5. The topological polar surface area (TPSA) is 76.6 Å². The number of ether oxygens (including phenoxy) is 7. The summed E-state index contributed by atoms with van der Waals surface area (Å²) in [7, 11) is 0. The van der Waals surface area contributed by atoms with Crippen LogP contribution < -0.4 is 5.32 Å². The summed E-state index contributed by atoms with van der Waals surface area (Å²) < 4.78 is 37.2. The molecule has 8 heteroatoms. The van der Waals surface area contributed by atoms with Gasteiger partial charge >= 0.3 is 0 Å². The first-order valence-electron chi connectivity index (χ1n) is 40.3. The molecule has 4 unspecified atom stereocenters. The zero-order valence-corrected chi connectivity index (χ0v) is 69.5. The predicted octanol–water partition coefficient (Wildman–Crippen LogP) is 26.6. The van der Waals surface area contributed by atoms with Crippen LogP contribution in [0.15, 0.2) is 0 Å². The lowest BCUT2D eigenvalue weighted by atomic mass is 9.78. The largest absolute Gasteiger partial charge is 0.378 e. The molecule has 0 amide bonds. The molecule has 3 aliphatic carbocycles. The highest BCUT2D eigenvalue weighted by atomic mass is 16.7. The molecule has 0 bridgehead atoms. The van der Waals surface area contributed by atoms with Gasteiger partial charge in [-0.3, -0.25) is 0 Å². The number of hydrogen-bond donors (Lipinski definition) is 1. The monoisotopic (exact) mass is 1290 g/mol.